The number of nitrogens with one attached hydrogen (secondary N) is 1. The number of imidazole rings is 1. The number of carboxylic acids is 1. The number of rotatable bonds is 12. The molecule has 2 heterocycles. The molecule has 7 heteroatoms. The average molecular weight is 540 g/mol. The predicted octanol–water partition coefficient (Wildman–Crippen LogP) is 7.52. The van der Waals surface area contributed by atoms with Gasteiger partial charge in [0.2, 0.25) is 0 Å². The molecule has 4 atom stereocenters. The average Bonchev–Trinajstić information content (AvgIpc) is 3.55. The molecule has 0 aliphatic heterocycles. The summed E-state index contributed by atoms with van der Waals surface area (Å²) >= 11 is 1.78. The number of carbonyl (C=O) groups is 2. The molecule has 2 aromatic heterocycles. The lowest BCUT2D eigenvalue weighted by Crippen LogP contribution is -2.30. The molecule has 0 radical (unpaired) electrons. The van der Waals surface area contributed by atoms with Crippen molar-refractivity contribution in [1.82, 2.24) is 14.9 Å². The summed E-state index contributed by atoms with van der Waals surface area (Å²) in [4.78, 5) is 27.9. The molecule has 0 saturated heterocycles. The first-order valence-corrected chi connectivity index (χ1v) is 15.1. The second kappa shape index (κ2) is 15.2. The van der Waals surface area contributed by atoms with Crippen molar-refractivity contribution in [3.8, 4) is 0 Å². The van der Waals surface area contributed by atoms with Gasteiger partial charge in [0.05, 0.1) is 17.5 Å². The van der Waals surface area contributed by atoms with Crippen molar-refractivity contribution in [3.05, 3.63) is 52.0 Å². The van der Waals surface area contributed by atoms with Crippen molar-refractivity contribution in [2.45, 2.75) is 97.1 Å². The van der Waals surface area contributed by atoms with Gasteiger partial charge in [-0.25, -0.2) is 4.98 Å². The number of aromatic nitrogens is 2. The van der Waals surface area contributed by atoms with Crippen LogP contribution in [0.2, 0.25) is 0 Å². The topological polar surface area (TPSA) is 84.2 Å². The number of fused-ring (bicyclic) bond motifs is 1. The van der Waals surface area contributed by atoms with E-state index in [9.17, 15) is 9.59 Å². The van der Waals surface area contributed by atoms with E-state index in [4.69, 9.17) is 10.1 Å². The SMILES string of the molecule is CCCC(CC)CC(CC(=O)O)NC.C[C@@H]1CCCC[C@H]1n1c(Cc2cccs2)nc2cc(C=O)ccc21. The molecule has 1 aliphatic carbocycles. The first kappa shape index (κ1) is 30.0. The van der Waals surface area contributed by atoms with Gasteiger partial charge in [-0.3, -0.25) is 9.59 Å². The number of carboxylic acid groups (broad SMARTS) is 1. The molecule has 1 aromatic carbocycles. The fourth-order valence-electron chi connectivity index (χ4n) is 5.80. The molecule has 208 valence electrons. The zero-order valence-electron chi connectivity index (χ0n) is 23.5. The summed E-state index contributed by atoms with van der Waals surface area (Å²) in [7, 11) is 1.84. The van der Waals surface area contributed by atoms with Crippen molar-refractivity contribution in [2.24, 2.45) is 11.8 Å². The van der Waals surface area contributed by atoms with Gasteiger partial charge in [0.1, 0.15) is 12.1 Å². The molecule has 4 rings (SSSR count). The molecule has 1 fully saturated rings. The zero-order chi connectivity index (χ0) is 27.5. The molecule has 3 aromatic rings. The first-order valence-electron chi connectivity index (χ1n) is 14.3. The molecule has 2 N–H and O–H groups in total. The monoisotopic (exact) mass is 539 g/mol. The van der Waals surface area contributed by atoms with E-state index < -0.39 is 5.97 Å². The summed E-state index contributed by atoms with van der Waals surface area (Å²) in [5.74, 6) is 1.76. The lowest BCUT2D eigenvalue weighted by Gasteiger charge is -2.31. The van der Waals surface area contributed by atoms with E-state index in [1.54, 1.807) is 11.3 Å². The Kier molecular flexibility index (Phi) is 12.0. The second-order valence-corrected chi connectivity index (χ2v) is 11.8. The highest BCUT2D eigenvalue weighted by Gasteiger charge is 2.27. The van der Waals surface area contributed by atoms with Crippen molar-refractivity contribution in [2.75, 3.05) is 7.05 Å². The smallest absolute Gasteiger partial charge is 0.304 e. The number of carbonyl (C=O) groups excluding carboxylic acids is 1. The van der Waals surface area contributed by atoms with Crippen LogP contribution in [0.5, 0.6) is 0 Å². The Morgan fingerprint density at radius 1 is 1.26 bits per heavy atom. The molecule has 0 spiro atoms. The minimum atomic E-state index is -0.712. The number of thiophene rings is 1. The quantitative estimate of drug-likeness (QED) is 0.233. The number of hydrogen-bond donors (Lipinski definition) is 2. The van der Waals surface area contributed by atoms with Gasteiger partial charge in [0.25, 0.3) is 0 Å². The summed E-state index contributed by atoms with van der Waals surface area (Å²) in [5, 5.41) is 13.9. The fourth-order valence-corrected chi connectivity index (χ4v) is 6.50. The van der Waals surface area contributed by atoms with E-state index in [1.807, 2.05) is 19.2 Å². The van der Waals surface area contributed by atoms with Gasteiger partial charge in [-0.15, -0.1) is 11.3 Å². The van der Waals surface area contributed by atoms with Crippen LogP contribution < -0.4 is 5.32 Å². The highest BCUT2D eigenvalue weighted by molar-refractivity contribution is 7.09. The van der Waals surface area contributed by atoms with Crippen LogP contribution in [0.4, 0.5) is 0 Å². The lowest BCUT2D eigenvalue weighted by molar-refractivity contribution is -0.137. The largest absolute Gasteiger partial charge is 0.481 e. The van der Waals surface area contributed by atoms with E-state index >= 15 is 0 Å². The summed E-state index contributed by atoms with van der Waals surface area (Å²) < 4.78 is 2.47. The molecule has 38 heavy (non-hydrogen) atoms. The maximum atomic E-state index is 11.1. The molecular weight excluding hydrogens is 494 g/mol. The molecule has 2 unspecified atom stereocenters. The highest BCUT2D eigenvalue weighted by Crippen LogP contribution is 2.37. The second-order valence-electron chi connectivity index (χ2n) is 10.7. The van der Waals surface area contributed by atoms with Gasteiger partial charge >= 0.3 is 5.97 Å². The number of hydrogen-bond acceptors (Lipinski definition) is 5. The van der Waals surface area contributed by atoms with Gasteiger partial charge in [-0.05, 0) is 67.8 Å². The summed E-state index contributed by atoms with van der Waals surface area (Å²) in [6.07, 6.45) is 11.6. The normalized spacial score (nSPS) is 18.9. The molecule has 0 amide bonds. The predicted molar refractivity (Wildman–Crippen MR) is 157 cm³/mol. The van der Waals surface area contributed by atoms with E-state index in [0.29, 0.717) is 23.4 Å². The van der Waals surface area contributed by atoms with Crippen molar-refractivity contribution in [1.29, 1.82) is 0 Å². The Morgan fingerprint density at radius 2 is 2.05 bits per heavy atom. The Bertz CT molecular complexity index is 1140. The van der Waals surface area contributed by atoms with Crippen LogP contribution in [-0.4, -0.2) is 40.0 Å². The van der Waals surface area contributed by atoms with E-state index in [2.05, 4.69) is 54.2 Å². The van der Waals surface area contributed by atoms with Crippen LogP contribution in [0.3, 0.4) is 0 Å². The van der Waals surface area contributed by atoms with Gasteiger partial charge < -0.3 is 15.0 Å². The van der Waals surface area contributed by atoms with Crippen LogP contribution in [0.15, 0.2) is 35.7 Å². The molecule has 6 nitrogen and oxygen atoms in total. The number of aldehydes is 1. The van der Waals surface area contributed by atoms with Crippen LogP contribution in [-0.2, 0) is 11.2 Å². The maximum Gasteiger partial charge on any atom is 0.304 e. The van der Waals surface area contributed by atoms with Crippen LogP contribution in [0, 0.1) is 11.8 Å². The Balaban J connectivity index is 0.000000247. The summed E-state index contributed by atoms with van der Waals surface area (Å²) in [5.41, 5.74) is 2.82. The minimum absolute atomic E-state index is 0.129. The lowest BCUT2D eigenvalue weighted by atomic mass is 9.85. The third-order valence-corrected chi connectivity index (χ3v) is 8.83. The minimum Gasteiger partial charge on any atom is -0.481 e. The molecule has 1 aliphatic rings. The van der Waals surface area contributed by atoms with Crippen molar-refractivity contribution < 1.29 is 14.7 Å². The third-order valence-electron chi connectivity index (χ3n) is 7.95. The Hall–Kier alpha value is -2.51. The third kappa shape index (κ3) is 8.24. The first-order chi connectivity index (χ1) is 18.4. The van der Waals surface area contributed by atoms with E-state index in [1.165, 1.54) is 48.9 Å². The van der Waals surface area contributed by atoms with Gasteiger partial charge in [-0.1, -0.05) is 58.9 Å². The maximum absolute atomic E-state index is 11.1. The number of aliphatic carboxylic acids is 1. The van der Waals surface area contributed by atoms with E-state index in [-0.39, 0.29) is 12.5 Å². The molecular formula is C31H45N3O3S. The summed E-state index contributed by atoms with van der Waals surface area (Å²) in [6.45, 7) is 6.71. The standard InChI is InChI=1S/C20H22N2OS.C11H23NO2/c1-14-5-2-3-7-18(14)22-19-9-8-15(13-23)11-17(19)21-20(22)12-16-6-4-10-24-16;1-4-6-9(5-2)7-10(12-3)8-11(13)14/h4,6,8-11,13-14,18H,2-3,5,7,12H2,1H3;9-10,12H,4-8H2,1-3H3,(H,13,14)/t14-,18-;/m1./s1. The highest BCUT2D eigenvalue weighted by atomic mass is 32.1. The zero-order valence-corrected chi connectivity index (χ0v) is 24.3. The number of nitrogens with zero attached hydrogens (tertiary/aromatic N) is 2. The van der Waals surface area contributed by atoms with Crippen molar-refractivity contribution >= 4 is 34.6 Å². The Morgan fingerprint density at radius 3 is 2.66 bits per heavy atom. The molecule has 0 bridgehead atoms. The van der Waals surface area contributed by atoms with Gasteiger partial charge in [-0.2, -0.15) is 0 Å². The number of benzene rings is 1. The van der Waals surface area contributed by atoms with Crippen LogP contribution in [0.1, 0.15) is 106 Å². The van der Waals surface area contributed by atoms with Crippen molar-refractivity contribution in [3.63, 3.8) is 0 Å². The Labute approximate surface area is 231 Å². The van der Waals surface area contributed by atoms with Crippen LogP contribution >= 0.6 is 11.3 Å². The summed E-state index contributed by atoms with van der Waals surface area (Å²) in [6, 6.07) is 10.8. The fraction of sp³-hybridized carbons (Fsp3) is 0.581. The molecule has 1 saturated carbocycles. The van der Waals surface area contributed by atoms with Crippen LogP contribution in [0.25, 0.3) is 11.0 Å². The van der Waals surface area contributed by atoms with Gasteiger partial charge in [0.15, 0.2) is 0 Å². The van der Waals surface area contributed by atoms with Gasteiger partial charge in [0, 0.05) is 28.9 Å². The van der Waals surface area contributed by atoms with E-state index in [0.717, 1.165) is 36.9 Å².